The van der Waals surface area contributed by atoms with Crippen LogP contribution in [0.1, 0.15) is 29.6 Å². The second kappa shape index (κ2) is 6.68. The Bertz CT molecular complexity index is 908. The first-order valence-corrected chi connectivity index (χ1v) is 9.47. The number of nitrogens with two attached hydrogens (primary N) is 1. The number of thiazole rings is 1. The van der Waals surface area contributed by atoms with Gasteiger partial charge in [-0.05, 0) is 37.5 Å². The smallest absolute Gasteiger partial charge is 0.221 e. The normalized spacial score (nSPS) is 15.6. The van der Waals surface area contributed by atoms with Crippen LogP contribution in [0.25, 0.3) is 10.4 Å². The average Bonchev–Trinajstić information content (AvgIpc) is 3.19. The number of aryl methyl sites for hydroxylation is 1. The molecule has 0 aliphatic carbocycles. The number of benzene rings is 1. The molecule has 2 aromatic heterocycles. The number of rotatable bonds is 3. The van der Waals surface area contributed by atoms with E-state index in [2.05, 4.69) is 15.1 Å². The molecule has 1 fully saturated rings. The summed E-state index contributed by atoms with van der Waals surface area (Å²) in [7, 11) is 1.91. The molecule has 136 valence electrons. The molecule has 2 N–H and O–H groups in total. The van der Waals surface area contributed by atoms with Crippen LogP contribution in [0.2, 0.25) is 0 Å². The van der Waals surface area contributed by atoms with Crippen molar-refractivity contribution in [2.45, 2.75) is 25.7 Å². The average molecular weight is 372 g/mol. The molecule has 26 heavy (non-hydrogen) atoms. The van der Waals surface area contributed by atoms with Crippen molar-refractivity contribution in [2.24, 2.45) is 7.05 Å². The van der Waals surface area contributed by atoms with E-state index in [1.165, 1.54) is 12.1 Å². The molecule has 1 aliphatic heterocycles. The first kappa shape index (κ1) is 17.0. The Kier molecular flexibility index (Phi) is 4.36. The van der Waals surface area contributed by atoms with Gasteiger partial charge in [0.05, 0.1) is 9.88 Å². The third kappa shape index (κ3) is 3.05. The highest BCUT2D eigenvalue weighted by Crippen LogP contribution is 2.38. The third-order valence-corrected chi connectivity index (χ3v) is 5.93. The van der Waals surface area contributed by atoms with Crippen LogP contribution in [0.4, 0.5) is 16.2 Å². The van der Waals surface area contributed by atoms with E-state index in [-0.39, 0.29) is 5.82 Å². The van der Waals surface area contributed by atoms with Gasteiger partial charge in [-0.1, -0.05) is 12.1 Å². The minimum atomic E-state index is -0.222. The molecule has 0 unspecified atom stereocenters. The summed E-state index contributed by atoms with van der Waals surface area (Å²) in [5.41, 5.74) is 6.82. The van der Waals surface area contributed by atoms with Gasteiger partial charge < -0.3 is 15.2 Å². The number of piperidine rings is 1. The molecule has 0 atom stereocenters. The largest absolute Gasteiger partial charge is 0.368 e. The van der Waals surface area contributed by atoms with Gasteiger partial charge in [0, 0.05) is 26.1 Å². The number of hydrogen-bond acceptors (Lipinski definition) is 6. The highest BCUT2D eigenvalue weighted by atomic mass is 32.1. The van der Waals surface area contributed by atoms with Gasteiger partial charge in [0.15, 0.2) is 0 Å². The molecule has 3 heterocycles. The Labute approximate surface area is 155 Å². The number of anilines is 2. The van der Waals surface area contributed by atoms with Crippen molar-refractivity contribution in [1.82, 2.24) is 19.7 Å². The summed E-state index contributed by atoms with van der Waals surface area (Å²) in [4.78, 5) is 8.17. The quantitative estimate of drug-likeness (QED) is 0.763. The number of aromatic nitrogens is 4. The standard InChI is InChI=1S/C18H21FN6S/c1-11-21-17(15(26-11)12-3-5-14(19)6-4-12)25-9-7-13(8-10-25)16-22-23-18(20)24(16)2/h3-6,13H,7-10H2,1-2H3,(H2,20,23). The maximum absolute atomic E-state index is 13.3. The second-order valence-corrected chi connectivity index (χ2v) is 7.83. The molecule has 0 bridgehead atoms. The molecule has 4 rings (SSSR count). The highest BCUT2D eigenvalue weighted by Gasteiger charge is 2.27. The van der Waals surface area contributed by atoms with E-state index in [9.17, 15) is 4.39 Å². The summed E-state index contributed by atoms with van der Waals surface area (Å²) < 4.78 is 15.1. The molecule has 8 heteroatoms. The lowest BCUT2D eigenvalue weighted by molar-refractivity contribution is 0.473. The molecule has 0 radical (unpaired) electrons. The predicted molar refractivity (Wildman–Crippen MR) is 102 cm³/mol. The first-order valence-electron chi connectivity index (χ1n) is 8.66. The number of nitrogen functional groups attached to an aromatic ring is 1. The van der Waals surface area contributed by atoms with Crippen molar-refractivity contribution < 1.29 is 4.39 Å². The van der Waals surface area contributed by atoms with Gasteiger partial charge in [-0.2, -0.15) is 0 Å². The van der Waals surface area contributed by atoms with E-state index in [1.54, 1.807) is 11.3 Å². The molecule has 1 aliphatic rings. The maximum Gasteiger partial charge on any atom is 0.221 e. The fraction of sp³-hybridized carbons (Fsp3) is 0.389. The molecule has 0 amide bonds. The fourth-order valence-corrected chi connectivity index (χ4v) is 4.43. The Morgan fingerprint density at radius 1 is 1.15 bits per heavy atom. The summed E-state index contributed by atoms with van der Waals surface area (Å²) in [5.74, 6) is 2.54. The molecular formula is C18H21FN6S. The van der Waals surface area contributed by atoms with Crippen molar-refractivity contribution in [1.29, 1.82) is 0 Å². The summed E-state index contributed by atoms with van der Waals surface area (Å²) in [5, 5.41) is 9.22. The van der Waals surface area contributed by atoms with Crippen LogP contribution in [0.15, 0.2) is 24.3 Å². The Balaban J connectivity index is 1.55. The zero-order chi connectivity index (χ0) is 18.3. The molecule has 0 saturated carbocycles. The summed E-state index contributed by atoms with van der Waals surface area (Å²) in [6.45, 7) is 3.81. The van der Waals surface area contributed by atoms with Gasteiger partial charge in [0.1, 0.15) is 17.5 Å². The minimum absolute atomic E-state index is 0.222. The van der Waals surface area contributed by atoms with Crippen LogP contribution in [0.5, 0.6) is 0 Å². The third-order valence-electron chi connectivity index (χ3n) is 4.92. The molecule has 1 aromatic carbocycles. The molecular weight excluding hydrogens is 351 g/mol. The lowest BCUT2D eigenvalue weighted by Crippen LogP contribution is -2.34. The lowest BCUT2D eigenvalue weighted by atomic mass is 9.96. The molecule has 1 saturated heterocycles. The highest BCUT2D eigenvalue weighted by molar-refractivity contribution is 7.15. The van der Waals surface area contributed by atoms with Gasteiger partial charge in [-0.3, -0.25) is 0 Å². The maximum atomic E-state index is 13.3. The first-order chi connectivity index (χ1) is 12.5. The van der Waals surface area contributed by atoms with Crippen molar-refractivity contribution in [3.63, 3.8) is 0 Å². The van der Waals surface area contributed by atoms with Crippen molar-refractivity contribution in [3.8, 4) is 10.4 Å². The number of nitrogens with zero attached hydrogens (tertiary/aromatic N) is 5. The zero-order valence-corrected chi connectivity index (χ0v) is 15.6. The number of halogens is 1. The monoisotopic (exact) mass is 372 g/mol. The van der Waals surface area contributed by atoms with Crippen LogP contribution in [0, 0.1) is 12.7 Å². The Morgan fingerprint density at radius 2 is 1.85 bits per heavy atom. The van der Waals surface area contributed by atoms with E-state index in [0.29, 0.717) is 11.9 Å². The van der Waals surface area contributed by atoms with E-state index < -0.39 is 0 Å². The van der Waals surface area contributed by atoms with Crippen molar-refractivity contribution in [2.75, 3.05) is 23.7 Å². The Morgan fingerprint density at radius 3 is 2.46 bits per heavy atom. The minimum Gasteiger partial charge on any atom is -0.368 e. The van der Waals surface area contributed by atoms with E-state index >= 15 is 0 Å². The fourth-order valence-electron chi connectivity index (χ4n) is 3.48. The topological polar surface area (TPSA) is 72.9 Å². The van der Waals surface area contributed by atoms with Crippen LogP contribution in [0.3, 0.4) is 0 Å². The van der Waals surface area contributed by atoms with Crippen molar-refractivity contribution >= 4 is 23.1 Å². The summed E-state index contributed by atoms with van der Waals surface area (Å²) in [6, 6.07) is 6.64. The molecule has 6 nitrogen and oxygen atoms in total. The molecule has 0 spiro atoms. The van der Waals surface area contributed by atoms with Gasteiger partial charge in [-0.15, -0.1) is 21.5 Å². The lowest BCUT2D eigenvalue weighted by Gasteiger charge is -2.32. The van der Waals surface area contributed by atoms with Gasteiger partial charge >= 0.3 is 0 Å². The van der Waals surface area contributed by atoms with Gasteiger partial charge in [0.2, 0.25) is 5.95 Å². The van der Waals surface area contributed by atoms with Crippen LogP contribution < -0.4 is 10.6 Å². The SMILES string of the molecule is Cc1nc(N2CCC(c3nnc(N)n3C)CC2)c(-c2ccc(F)cc2)s1. The summed E-state index contributed by atoms with van der Waals surface area (Å²) >= 11 is 1.65. The predicted octanol–water partition coefficient (Wildman–Crippen LogP) is 3.35. The van der Waals surface area contributed by atoms with Crippen LogP contribution in [-0.4, -0.2) is 32.8 Å². The van der Waals surface area contributed by atoms with E-state index in [4.69, 9.17) is 10.7 Å². The second-order valence-electron chi connectivity index (χ2n) is 6.63. The van der Waals surface area contributed by atoms with Gasteiger partial charge in [-0.25, -0.2) is 9.37 Å². The molecule has 3 aromatic rings. The van der Waals surface area contributed by atoms with E-state index in [0.717, 1.165) is 53.0 Å². The van der Waals surface area contributed by atoms with Crippen molar-refractivity contribution in [3.05, 3.63) is 40.9 Å². The van der Waals surface area contributed by atoms with Gasteiger partial charge in [0.25, 0.3) is 0 Å². The van der Waals surface area contributed by atoms with Crippen LogP contribution in [-0.2, 0) is 7.05 Å². The van der Waals surface area contributed by atoms with Crippen LogP contribution >= 0.6 is 11.3 Å². The summed E-state index contributed by atoms with van der Waals surface area (Å²) in [6.07, 6.45) is 1.96. The van der Waals surface area contributed by atoms with E-state index in [1.807, 2.05) is 30.7 Å². The number of hydrogen-bond donors (Lipinski definition) is 1. The Hall–Kier alpha value is -2.48. The zero-order valence-electron chi connectivity index (χ0n) is 14.8.